The Bertz CT molecular complexity index is 855. The molecule has 0 spiro atoms. The van der Waals surface area contributed by atoms with Crippen molar-refractivity contribution in [3.05, 3.63) is 64.2 Å². The molecule has 25 heavy (non-hydrogen) atoms. The maximum atomic E-state index is 12.2. The number of rotatable bonds is 6. The summed E-state index contributed by atoms with van der Waals surface area (Å²) >= 11 is 0. The second-order valence-corrected chi connectivity index (χ2v) is 7.52. The van der Waals surface area contributed by atoms with Crippen LogP contribution in [-0.2, 0) is 14.3 Å². The number of hydrogen-bond acceptors (Lipinski definition) is 6. The highest BCUT2D eigenvalue weighted by molar-refractivity contribution is 7.86. The monoisotopic (exact) mass is 363 g/mol. The summed E-state index contributed by atoms with van der Waals surface area (Å²) in [7, 11) is -3.78. The summed E-state index contributed by atoms with van der Waals surface area (Å²) in [6.45, 7) is 1.88. The molecule has 0 unspecified atom stereocenters. The summed E-state index contributed by atoms with van der Waals surface area (Å²) in [5.74, 6) is 0.510. The number of aryl methyl sites for hydroxylation is 1. The molecule has 3 rings (SSSR count). The smallest absolute Gasteiger partial charge is 0.297 e. The Morgan fingerprint density at radius 3 is 2.16 bits per heavy atom. The van der Waals surface area contributed by atoms with E-state index in [-0.39, 0.29) is 16.7 Å². The Balaban J connectivity index is 1.52. The summed E-state index contributed by atoms with van der Waals surface area (Å²) in [6.07, 6.45) is 0.304. The molecule has 0 radical (unpaired) electrons. The van der Waals surface area contributed by atoms with Gasteiger partial charge >= 0.3 is 0 Å². The third-order valence-corrected chi connectivity index (χ3v) is 5.35. The van der Waals surface area contributed by atoms with E-state index < -0.39 is 21.1 Å². The zero-order valence-electron chi connectivity index (χ0n) is 13.5. The minimum absolute atomic E-state index is 0.00800. The van der Waals surface area contributed by atoms with Crippen LogP contribution in [0.4, 0.5) is 5.69 Å². The van der Waals surface area contributed by atoms with Crippen molar-refractivity contribution in [2.45, 2.75) is 36.9 Å². The van der Waals surface area contributed by atoms with Gasteiger partial charge in [0.05, 0.1) is 15.9 Å². The number of ether oxygens (including phenoxy) is 1. The predicted molar refractivity (Wildman–Crippen MR) is 90.0 cm³/mol. The highest BCUT2D eigenvalue weighted by Gasteiger charge is 2.35. The van der Waals surface area contributed by atoms with Crippen LogP contribution in [0.5, 0.6) is 5.75 Å². The van der Waals surface area contributed by atoms with Crippen LogP contribution in [-0.4, -0.2) is 25.5 Å². The van der Waals surface area contributed by atoms with E-state index in [0.717, 1.165) is 5.56 Å². The molecular weight excluding hydrogens is 346 g/mol. The van der Waals surface area contributed by atoms with Crippen LogP contribution in [0, 0.1) is 17.0 Å². The van der Waals surface area contributed by atoms with E-state index >= 15 is 0 Å². The average Bonchev–Trinajstić information content (AvgIpc) is 2.53. The second kappa shape index (κ2) is 6.81. The molecule has 0 N–H and O–H groups in total. The fourth-order valence-corrected chi connectivity index (χ4v) is 3.57. The summed E-state index contributed by atoms with van der Waals surface area (Å²) < 4.78 is 35.2. The summed E-state index contributed by atoms with van der Waals surface area (Å²) in [5.41, 5.74) is 0.963. The van der Waals surface area contributed by atoms with Gasteiger partial charge in [-0.1, -0.05) is 17.7 Å². The molecule has 0 saturated heterocycles. The van der Waals surface area contributed by atoms with E-state index in [9.17, 15) is 18.5 Å². The van der Waals surface area contributed by atoms with Crippen LogP contribution in [0.1, 0.15) is 18.4 Å². The van der Waals surface area contributed by atoms with Crippen molar-refractivity contribution < 1.29 is 22.3 Å². The van der Waals surface area contributed by atoms with Gasteiger partial charge in [0, 0.05) is 25.0 Å². The second-order valence-electron chi connectivity index (χ2n) is 5.95. The van der Waals surface area contributed by atoms with Gasteiger partial charge in [-0.2, -0.15) is 8.42 Å². The van der Waals surface area contributed by atoms with Crippen molar-refractivity contribution in [1.82, 2.24) is 0 Å². The van der Waals surface area contributed by atoms with Crippen LogP contribution >= 0.6 is 0 Å². The van der Waals surface area contributed by atoms with Crippen molar-refractivity contribution in [2.75, 3.05) is 0 Å². The highest BCUT2D eigenvalue weighted by Crippen LogP contribution is 2.31. The quantitative estimate of drug-likeness (QED) is 0.444. The molecule has 1 fully saturated rings. The number of nitrogens with zero attached hydrogens (tertiary/aromatic N) is 1. The molecule has 0 amide bonds. The van der Waals surface area contributed by atoms with Crippen LogP contribution in [0.3, 0.4) is 0 Å². The van der Waals surface area contributed by atoms with Crippen molar-refractivity contribution in [1.29, 1.82) is 0 Å². The van der Waals surface area contributed by atoms with E-state index in [4.69, 9.17) is 8.92 Å². The molecule has 1 aliphatic carbocycles. The molecular formula is C17H17NO6S. The Hall–Kier alpha value is -2.45. The molecule has 0 aromatic heterocycles. The Morgan fingerprint density at radius 2 is 1.60 bits per heavy atom. The van der Waals surface area contributed by atoms with Gasteiger partial charge in [0.1, 0.15) is 11.9 Å². The third-order valence-electron chi connectivity index (χ3n) is 3.97. The molecule has 132 valence electrons. The lowest BCUT2D eigenvalue weighted by atomic mass is 9.92. The number of nitro benzene ring substituents is 1. The van der Waals surface area contributed by atoms with Crippen molar-refractivity contribution in [3.8, 4) is 5.75 Å². The first-order valence-corrected chi connectivity index (χ1v) is 9.15. The maximum absolute atomic E-state index is 12.2. The number of hydrogen-bond donors (Lipinski definition) is 0. The lowest BCUT2D eigenvalue weighted by molar-refractivity contribution is -0.384. The number of benzene rings is 2. The molecule has 7 nitrogen and oxygen atoms in total. The van der Waals surface area contributed by atoms with Gasteiger partial charge in [-0.25, -0.2) is 0 Å². The van der Waals surface area contributed by atoms with Gasteiger partial charge in [0.25, 0.3) is 15.8 Å². The normalized spacial score (nSPS) is 19.9. The van der Waals surface area contributed by atoms with E-state index in [0.29, 0.717) is 18.6 Å². The first kappa shape index (κ1) is 17.4. The topological polar surface area (TPSA) is 95.7 Å². The summed E-state index contributed by atoms with van der Waals surface area (Å²) in [6, 6.07) is 12.3. The van der Waals surface area contributed by atoms with Gasteiger partial charge in [0.15, 0.2) is 0 Å². The lowest BCUT2D eigenvalue weighted by Gasteiger charge is -2.34. The minimum Gasteiger partial charge on any atom is -0.490 e. The molecule has 2 aromatic rings. The number of nitro groups is 1. The standard InChI is InChI=1S/C17H17NO6S/c1-12-2-8-17(9-3-12)25(21,22)24-16-10-15(11-16)23-14-6-4-13(5-7-14)18(19)20/h2-9,15-16H,10-11H2,1H3. The SMILES string of the molecule is Cc1ccc(S(=O)(=O)OC2CC(Oc3ccc([N+](=O)[O-])cc3)C2)cc1. The van der Waals surface area contributed by atoms with Gasteiger partial charge in [-0.3, -0.25) is 14.3 Å². The van der Waals surface area contributed by atoms with E-state index in [2.05, 4.69) is 0 Å². The number of non-ortho nitro benzene ring substituents is 1. The maximum Gasteiger partial charge on any atom is 0.297 e. The van der Waals surface area contributed by atoms with Gasteiger partial charge in [-0.05, 0) is 31.2 Å². The third kappa shape index (κ3) is 4.15. The Kier molecular flexibility index (Phi) is 4.73. The molecule has 1 aliphatic rings. The molecule has 8 heteroatoms. The van der Waals surface area contributed by atoms with Gasteiger partial charge < -0.3 is 4.74 Å². The molecule has 2 aromatic carbocycles. The largest absolute Gasteiger partial charge is 0.490 e. The Morgan fingerprint density at radius 1 is 1.00 bits per heavy atom. The molecule has 0 bridgehead atoms. The van der Waals surface area contributed by atoms with Crippen molar-refractivity contribution in [3.63, 3.8) is 0 Å². The van der Waals surface area contributed by atoms with E-state index in [1.165, 1.54) is 36.4 Å². The lowest BCUT2D eigenvalue weighted by Crippen LogP contribution is -2.40. The molecule has 0 heterocycles. The van der Waals surface area contributed by atoms with Gasteiger partial charge in [0.2, 0.25) is 0 Å². The fourth-order valence-electron chi connectivity index (χ4n) is 2.47. The highest BCUT2D eigenvalue weighted by atomic mass is 32.2. The zero-order valence-corrected chi connectivity index (χ0v) is 14.3. The van der Waals surface area contributed by atoms with E-state index in [1.807, 2.05) is 6.92 Å². The Labute approximate surface area is 145 Å². The summed E-state index contributed by atoms with van der Waals surface area (Å²) in [5, 5.41) is 10.6. The van der Waals surface area contributed by atoms with E-state index in [1.54, 1.807) is 12.1 Å². The van der Waals surface area contributed by atoms with Crippen molar-refractivity contribution in [2.24, 2.45) is 0 Å². The predicted octanol–water partition coefficient (Wildman–Crippen LogP) is 3.22. The molecule has 1 saturated carbocycles. The summed E-state index contributed by atoms with van der Waals surface area (Å²) in [4.78, 5) is 10.3. The zero-order chi connectivity index (χ0) is 18.0. The first-order chi connectivity index (χ1) is 11.8. The van der Waals surface area contributed by atoms with Crippen LogP contribution in [0.15, 0.2) is 53.4 Å². The molecule has 0 aliphatic heterocycles. The van der Waals surface area contributed by atoms with Crippen molar-refractivity contribution >= 4 is 15.8 Å². The average molecular weight is 363 g/mol. The fraction of sp³-hybridized carbons (Fsp3) is 0.294. The minimum atomic E-state index is -3.78. The van der Waals surface area contributed by atoms with Crippen LogP contribution in [0.25, 0.3) is 0 Å². The molecule has 0 atom stereocenters. The van der Waals surface area contributed by atoms with Crippen LogP contribution < -0.4 is 4.74 Å². The van der Waals surface area contributed by atoms with Crippen LogP contribution in [0.2, 0.25) is 0 Å². The van der Waals surface area contributed by atoms with Gasteiger partial charge in [-0.15, -0.1) is 0 Å². The first-order valence-electron chi connectivity index (χ1n) is 7.74.